The number of amides is 1. The molecule has 15 atom stereocenters. The number of hydrogen-bond acceptors (Lipinski definition) is 15. The Morgan fingerprint density at radius 2 is 1.61 bits per heavy atom. The first kappa shape index (κ1) is 57.7. The molecule has 1 amide bonds. The van der Waals surface area contributed by atoms with E-state index in [0.29, 0.717) is 69.8 Å². The van der Waals surface area contributed by atoms with Gasteiger partial charge in [0.2, 0.25) is 5.79 Å². The summed E-state index contributed by atoms with van der Waals surface area (Å²) in [5.41, 5.74) is 6.74. The number of allylic oxidation sites excluding steroid dienone is 6. The number of fused-ring (bicyclic) bond motifs is 3. The zero-order valence-electron chi connectivity index (χ0n) is 42.8. The number of cyclic esters (lactones) is 1. The van der Waals surface area contributed by atoms with E-state index in [0.717, 1.165) is 5.57 Å². The Labute approximate surface area is 409 Å². The molecule has 4 rings (SSSR count). The van der Waals surface area contributed by atoms with Crippen LogP contribution in [-0.4, -0.2) is 139 Å². The Morgan fingerprint density at radius 1 is 0.884 bits per heavy atom. The lowest BCUT2D eigenvalue weighted by molar-refractivity contribution is -0.265. The molecule has 0 aromatic heterocycles. The molecule has 4 N–H and O–H groups in total. The van der Waals surface area contributed by atoms with Gasteiger partial charge in [-0.3, -0.25) is 24.0 Å². The number of methoxy groups -OCH3 is 3. The van der Waals surface area contributed by atoms with Crippen molar-refractivity contribution in [3.05, 3.63) is 47.6 Å². The van der Waals surface area contributed by atoms with E-state index in [1.54, 1.807) is 48.0 Å². The number of hydrogen-bond donors (Lipinski definition) is 3. The Morgan fingerprint density at radius 3 is 2.28 bits per heavy atom. The van der Waals surface area contributed by atoms with Gasteiger partial charge >= 0.3 is 11.9 Å². The van der Waals surface area contributed by atoms with Gasteiger partial charge in [-0.2, -0.15) is 0 Å². The summed E-state index contributed by atoms with van der Waals surface area (Å²) >= 11 is 0. The number of ketones is 3. The summed E-state index contributed by atoms with van der Waals surface area (Å²) in [5, 5.41) is 23.4. The molecule has 3 heterocycles. The summed E-state index contributed by atoms with van der Waals surface area (Å²) in [6.07, 6.45) is 10.8. The van der Waals surface area contributed by atoms with E-state index in [9.17, 15) is 39.0 Å². The van der Waals surface area contributed by atoms with Crippen molar-refractivity contribution in [1.29, 1.82) is 0 Å². The van der Waals surface area contributed by atoms with Gasteiger partial charge in [0.25, 0.3) is 11.7 Å². The Balaban J connectivity index is 1.70. The number of esters is 2. The molecular weight excluding hydrogens is 889 g/mol. The minimum absolute atomic E-state index is 0.00667. The highest BCUT2D eigenvalue weighted by Crippen LogP contribution is 2.38. The Hall–Kier alpha value is -3.90. The zero-order valence-corrected chi connectivity index (χ0v) is 42.8. The molecule has 4 aliphatic rings. The first-order valence-electron chi connectivity index (χ1n) is 25.1. The van der Waals surface area contributed by atoms with Crippen LogP contribution in [0.2, 0.25) is 0 Å². The van der Waals surface area contributed by atoms with Crippen molar-refractivity contribution in [2.75, 3.05) is 34.4 Å². The number of aliphatic hydroxyl groups excluding tert-OH is 1. The van der Waals surface area contributed by atoms with Crippen molar-refractivity contribution in [3.8, 4) is 0 Å². The fourth-order valence-corrected chi connectivity index (χ4v) is 10.5. The summed E-state index contributed by atoms with van der Waals surface area (Å²) < 4.78 is 35.2. The van der Waals surface area contributed by atoms with Crippen molar-refractivity contribution in [2.45, 2.75) is 180 Å². The van der Waals surface area contributed by atoms with Crippen LogP contribution in [-0.2, 0) is 57.2 Å². The summed E-state index contributed by atoms with van der Waals surface area (Å²) in [5.74, 6) is -8.79. The SMILES string of the molecule is CO[C@H]1C[C@@H]2CC[C@@H](C)[C@@](O)(O2)C(=O)C(=O)N2CCCC[C@H]2C(=O)O[C@H]([C@H](C)C[C@@H]2CC[C@@H](OC(=O)CN)[C@H](OC)C2)CC(=O)[C@H](C)/C=C(\C)[C@@H](O)[C@@H](OC)C(=O)[C@H](C)C[C@H](C)/C=C\C=CC=C1C. The van der Waals surface area contributed by atoms with Crippen LogP contribution in [0.3, 0.4) is 0 Å². The van der Waals surface area contributed by atoms with Crippen molar-refractivity contribution >= 4 is 35.2 Å². The van der Waals surface area contributed by atoms with E-state index in [2.05, 4.69) is 0 Å². The highest BCUT2D eigenvalue weighted by atomic mass is 16.6. The minimum Gasteiger partial charge on any atom is -0.460 e. The zero-order chi connectivity index (χ0) is 51.2. The molecule has 1 saturated carbocycles. The molecule has 16 nitrogen and oxygen atoms in total. The molecule has 16 heteroatoms. The van der Waals surface area contributed by atoms with Crippen LogP contribution in [0, 0.1) is 35.5 Å². The van der Waals surface area contributed by atoms with Crippen molar-refractivity contribution in [3.63, 3.8) is 0 Å². The fraction of sp³-hybridized carbons (Fsp3) is 0.736. The van der Waals surface area contributed by atoms with Crippen LogP contribution < -0.4 is 5.73 Å². The predicted molar refractivity (Wildman–Crippen MR) is 258 cm³/mol. The third-order valence-corrected chi connectivity index (χ3v) is 14.9. The molecule has 388 valence electrons. The van der Waals surface area contributed by atoms with Crippen LogP contribution in [0.5, 0.6) is 0 Å². The molecular formula is C53H82N2O14. The smallest absolute Gasteiger partial charge is 0.329 e. The molecule has 2 bridgehead atoms. The van der Waals surface area contributed by atoms with Gasteiger partial charge in [0.15, 0.2) is 5.78 Å². The maximum atomic E-state index is 14.5. The fourth-order valence-electron chi connectivity index (χ4n) is 10.5. The van der Waals surface area contributed by atoms with Crippen molar-refractivity contribution < 1.29 is 67.4 Å². The summed E-state index contributed by atoms with van der Waals surface area (Å²) in [6.45, 7) is 12.4. The lowest BCUT2D eigenvalue weighted by Crippen LogP contribution is -2.61. The lowest BCUT2D eigenvalue weighted by atomic mass is 9.78. The molecule has 1 aliphatic carbocycles. The number of nitrogens with two attached hydrogens (primary N) is 1. The minimum atomic E-state index is -2.45. The maximum absolute atomic E-state index is 14.5. The molecule has 0 aromatic carbocycles. The number of aliphatic hydroxyl groups is 2. The average molecular weight is 971 g/mol. The van der Waals surface area contributed by atoms with E-state index >= 15 is 0 Å². The lowest BCUT2D eigenvalue weighted by Gasteiger charge is -2.42. The van der Waals surface area contributed by atoms with E-state index < -0.39 is 95.9 Å². The van der Waals surface area contributed by atoms with Crippen LogP contribution >= 0.6 is 0 Å². The summed E-state index contributed by atoms with van der Waals surface area (Å²) in [7, 11) is 4.49. The van der Waals surface area contributed by atoms with Crippen LogP contribution in [0.25, 0.3) is 0 Å². The highest BCUT2D eigenvalue weighted by Gasteiger charge is 2.53. The first-order chi connectivity index (χ1) is 32.7. The first-order valence-corrected chi connectivity index (χ1v) is 25.1. The third kappa shape index (κ3) is 15.5. The number of carbonyl (C=O) groups is 6. The van der Waals surface area contributed by atoms with E-state index in [1.807, 2.05) is 51.2 Å². The summed E-state index contributed by atoms with van der Waals surface area (Å²) in [4.78, 5) is 84.2. The second kappa shape index (κ2) is 27.1. The standard InChI is InChI=1S/C53H82N2O14/c1-31-16-12-11-13-17-32(2)43(64-8)28-39-21-19-37(7)53(63,69-39)50(60)51(61)55-23-15-14-18-40(55)52(62)68-44(34(4)26-38-20-22-42(45(27-38)65-9)67-46(57)30-54)29-41(56)33(3)25-36(6)48(59)49(66-10)47(58)35(5)24-31/h11-13,16-17,25,31,33-35,37-40,42-45,48-49,59,63H,14-15,18-24,26-30,54H2,1-10H3/b13-11?,16-12-,32-17?,36-25+/t31-,33-,34-,35-,37-,38+,39+,40+,42-,43+,44+,45-,48-,49+,53-/m1/s1. The maximum Gasteiger partial charge on any atom is 0.329 e. The van der Waals surface area contributed by atoms with Gasteiger partial charge in [0.1, 0.15) is 36.2 Å². The third-order valence-electron chi connectivity index (χ3n) is 14.9. The van der Waals surface area contributed by atoms with Gasteiger partial charge in [-0.15, -0.1) is 0 Å². The molecule has 3 fully saturated rings. The number of Topliss-reactive ketones (excluding diaryl/α,β-unsaturated/α-hetero) is 3. The molecule has 0 unspecified atom stereocenters. The van der Waals surface area contributed by atoms with Gasteiger partial charge < -0.3 is 49.3 Å². The second-order valence-corrected chi connectivity index (χ2v) is 20.3. The number of carbonyl (C=O) groups excluding carboxylic acids is 6. The molecule has 69 heavy (non-hydrogen) atoms. The summed E-state index contributed by atoms with van der Waals surface area (Å²) in [6, 6.07) is -1.17. The quantitative estimate of drug-likeness (QED) is 0.151. The highest BCUT2D eigenvalue weighted by molar-refractivity contribution is 6.39. The van der Waals surface area contributed by atoms with Crippen molar-refractivity contribution in [2.24, 2.45) is 41.2 Å². The van der Waals surface area contributed by atoms with E-state index in [-0.39, 0.29) is 55.3 Å². The number of nitrogens with zero attached hydrogens (tertiary/aromatic N) is 1. The Kier molecular flexibility index (Phi) is 22.6. The van der Waals surface area contributed by atoms with Gasteiger partial charge in [-0.25, -0.2) is 4.79 Å². The van der Waals surface area contributed by atoms with E-state index in [4.69, 9.17) is 34.2 Å². The normalized spacial score (nSPS) is 37.4. The molecule has 0 radical (unpaired) electrons. The van der Waals surface area contributed by atoms with Crippen LogP contribution in [0.15, 0.2) is 47.6 Å². The van der Waals surface area contributed by atoms with Gasteiger partial charge in [0, 0.05) is 58.5 Å². The largest absolute Gasteiger partial charge is 0.460 e. The average Bonchev–Trinajstić information content (AvgIpc) is 3.33. The van der Waals surface area contributed by atoms with Gasteiger partial charge in [-0.1, -0.05) is 71.1 Å². The topological polar surface area (TPSA) is 228 Å². The van der Waals surface area contributed by atoms with Crippen LogP contribution in [0.1, 0.15) is 126 Å². The van der Waals surface area contributed by atoms with Crippen molar-refractivity contribution in [1.82, 2.24) is 4.90 Å². The molecule has 3 aliphatic heterocycles. The number of ether oxygens (including phenoxy) is 6. The molecule has 0 spiro atoms. The predicted octanol–water partition coefficient (Wildman–Crippen LogP) is 5.69. The van der Waals surface area contributed by atoms with Crippen LogP contribution in [0.4, 0.5) is 0 Å². The Bertz CT molecular complexity index is 1900. The second-order valence-electron chi connectivity index (χ2n) is 20.3. The molecule has 2 saturated heterocycles. The monoisotopic (exact) mass is 971 g/mol. The van der Waals surface area contributed by atoms with Gasteiger partial charge in [0.05, 0.1) is 24.9 Å². The van der Waals surface area contributed by atoms with E-state index in [1.165, 1.54) is 12.0 Å². The number of rotatable bonds is 8. The molecule has 0 aromatic rings. The van der Waals surface area contributed by atoms with Gasteiger partial charge in [-0.05, 0) is 107 Å². The number of piperidine rings is 1.